The van der Waals surface area contributed by atoms with E-state index >= 15 is 0 Å². The number of allylic oxidation sites excluding steroid dienone is 1. The molecule has 2 atom stereocenters. The third-order valence-corrected chi connectivity index (χ3v) is 3.40. The Hall–Kier alpha value is -2.56. The first-order valence-electron chi connectivity index (χ1n) is 6.95. The van der Waals surface area contributed by atoms with Crippen LogP contribution >= 0.6 is 0 Å². The number of carbonyl (C=O) groups excluding carboxylic acids is 1. The van der Waals surface area contributed by atoms with Crippen molar-refractivity contribution < 1.29 is 19.4 Å². The minimum absolute atomic E-state index is 0.0670. The molecule has 0 unspecified atom stereocenters. The van der Waals surface area contributed by atoms with Crippen LogP contribution in [0.1, 0.15) is 19.4 Å². The highest BCUT2D eigenvalue weighted by atomic mass is 16.5. The number of ether oxygens (including phenoxy) is 1. The van der Waals surface area contributed by atoms with E-state index in [0.717, 1.165) is 5.56 Å². The van der Waals surface area contributed by atoms with Crippen molar-refractivity contribution in [2.24, 2.45) is 5.92 Å². The SMILES string of the molecule is C=C[C@@](NC(=O)OCc1ccccc1)(C(=O)O)[C@H](C)/C=C/C. The Kier molecular flexibility index (Phi) is 6.38. The van der Waals surface area contributed by atoms with Gasteiger partial charge < -0.3 is 15.2 Å². The van der Waals surface area contributed by atoms with E-state index in [-0.39, 0.29) is 6.61 Å². The van der Waals surface area contributed by atoms with E-state index < -0.39 is 23.5 Å². The van der Waals surface area contributed by atoms with E-state index in [2.05, 4.69) is 11.9 Å². The normalized spacial score (nSPS) is 14.8. The van der Waals surface area contributed by atoms with Gasteiger partial charge in [-0.15, -0.1) is 6.58 Å². The molecule has 1 aromatic carbocycles. The molecule has 1 rings (SSSR count). The minimum atomic E-state index is -1.61. The smallest absolute Gasteiger partial charge is 0.408 e. The number of rotatable bonds is 7. The summed E-state index contributed by atoms with van der Waals surface area (Å²) in [4.78, 5) is 23.5. The van der Waals surface area contributed by atoms with E-state index in [9.17, 15) is 14.7 Å². The largest absolute Gasteiger partial charge is 0.479 e. The number of hydrogen-bond donors (Lipinski definition) is 2. The van der Waals surface area contributed by atoms with Crippen molar-refractivity contribution in [3.63, 3.8) is 0 Å². The lowest BCUT2D eigenvalue weighted by Crippen LogP contribution is -2.57. The summed E-state index contributed by atoms with van der Waals surface area (Å²) in [5.74, 6) is -1.67. The first kappa shape index (κ1) is 17.5. The molecule has 2 N–H and O–H groups in total. The van der Waals surface area contributed by atoms with Gasteiger partial charge in [0.25, 0.3) is 0 Å². The Balaban J connectivity index is 2.79. The van der Waals surface area contributed by atoms with Crippen LogP contribution in [-0.4, -0.2) is 22.7 Å². The molecule has 22 heavy (non-hydrogen) atoms. The number of nitrogens with one attached hydrogen (secondary N) is 1. The summed E-state index contributed by atoms with van der Waals surface area (Å²) >= 11 is 0. The van der Waals surface area contributed by atoms with Gasteiger partial charge >= 0.3 is 12.1 Å². The molecule has 0 heterocycles. The molecule has 0 aliphatic rings. The van der Waals surface area contributed by atoms with Crippen LogP contribution in [0.15, 0.2) is 55.1 Å². The number of carboxylic acids is 1. The second kappa shape index (κ2) is 8.02. The van der Waals surface area contributed by atoms with Crippen LogP contribution in [0.2, 0.25) is 0 Å². The minimum Gasteiger partial charge on any atom is -0.479 e. The van der Waals surface area contributed by atoms with Crippen molar-refractivity contribution in [2.75, 3.05) is 0 Å². The summed E-state index contributed by atoms with van der Waals surface area (Å²) in [6, 6.07) is 9.14. The molecule has 118 valence electrons. The second-order valence-corrected chi connectivity index (χ2v) is 4.88. The third kappa shape index (κ3) is 4.22. The molecule has 0 spiro atoms. The number of alkyl carbamates (subject to hydrolysis) is 1. The van der Waals surface area contributed by atoms with Gasteiger partial charge in [0.05, 0.1) is 0 Å². The van der Waals surface area contributed by atoms with Gasteiger partial charge in [-0.05, 0) is 12.5 Å². The molecular formula is C17H21NO4. The van der Waals surface area contributed by atoms with Crippen LogP contribution < -0.4 is 5.32 Å². The highest BCUT2D eigenvalue weighted by Gasteiger charge is 2.41. The first-order chi connectivity index (χ1) is 10.5. The summed E-state index contributed by atoms with van der Waals surface area (Å²) in [7, 11) is 0. The van der Waals surface area contributed by atoms with Crippen molar-refractivity contribution in [2.45, 2.75) is 26.0 Å². The maximum atomic E-state index is 11.9. The van der Waals surface area contributed by atoms with Crippen molar-refractivity contribution in [1.82, 2.24) is 5.32 Å². The predicted molar refractivity (Wildman–Crippen MR) is 84.3 cm³/mol. The van der Waals surface area contributed by atoms with E-state index in [1.807, 2.05) is 30.3 Å². The molecule has 5 heteroatoms. The standard InChI is InChI=1S/C17H21NO4/c1-4-9-13(3)17(5-2,15(19)20)18-16(21)22-12-14-10-7-6-8-11-14/h4-11,13H,2,12H2,1,3H3,(H,18,21)(H,19,20)/b9-4+/t13-,17+/m1/s1. The summed E-state index contributed by atoms with van der Waals surface area (Å²) in [5, 5.41) is 11.9. The number of amides is 1. The molecule has 1 amide bonds. The molecule has 0 fully saturated rings. The van der Waals surface area contributed by atoms with Crippen LogP contribution in [0.5, 0.6) is 0 Å². The van der Waals surface area contributed by atoms with Gasteiger partial charge in [-0.2, -0.15) is 0 Å². The van der Waals surface area contributed by atoms with Crippen LogP contribution in [-0.2, 0) is 16.1 Å². The van der Waals surface area contributed by atoms with Gasteiger partial charge in [0, 0.05) is 5.92 Å². The van der Waals surface area contributed by atoms with Gasteiger partial charge in [-0.25, -0.2) is 9.59 Å². The maximum Gasteiger partial charge on any atom is 0.408 e. The summed E-state index contributed by atoms with van der Waals surface area (Å²) in [6.45, 7) is 7.08. The third-order valence-electron chi connectivity index (χ3n) is 3.40. The van der Waals surface area contributed by atoms with E-state index in [0.29, 0.717) is 0 Å². The molecule has 0 saturated heterocycles. The highest BCUT2D eigenvalue weighted by Crippen LogP contribution is 2.21. The molecule has 0 aromatic heterocycles. The fourth-order valence-electron chi connectivity index (χ4n) is 2.05. The lowest BCUT2D eigenvalue weighted by molar-refractivity contribution is -0.143. The Morgan fingerprint density at radius 2 is 2.05 bits per heavy atom. The molecule has 0 saturated carbocycles. The lowest BCUT2D eigenvalue weighted by atomic mass is 9.85. The molecule has 0 radical (unpaired) electrons. The Morgan fingerprint density at radius 3 is 2.55 bits per heavy atom. The highest BCUT2D eigenvalue weighted by molar-refractivity contribution is 5.87. The summed E-state index contributed by atoms with van der Waals surface area (Å²) in [5.41, 5.74) is -0.793. The first-order valence-corrected chi connectivity index (χ1v) is 6.95. The number of carbonyl (C=O) groups is 2. The van der Waals surface area contributed by atoms with Crippen molar-refractivity contribution >= 4 is 12.1 Å². The number of carboxylic acid groups (broad SMARTS) is 1. The number of aliphatic carboxylic acids is 1. The van der Waals surface area contributed by atoms with E-state index in [1.165, 1.54) is 6.08 Å². The maximum absolute atomic E-state index is 11.9. The Bertz CT molecular complexity index is 553. The fourth-order valence-corrected chi connectivity index (χ4v) is 2.05. The number of hydrogen-bond acceptors (Lipinski definition) is 3. The van der Waals surface area contributed by atoms with Crippen LogP contribution in [0.4, 0.5) is 4.79 Å². The summed E-state index contributed by atoms with van der Waals surface area (Å²) in [6.07, 6.45) is 3.82. The quantitative estimate of drug-likeness (QED) is 0.759. The van der Waals surface area contributed by atoms with E-state index in [1.54, 1.807) is 26.0 Å². The predicted octanol–water partition coefficient (Wildman–Crippen LogP) is 3.13. The zero-order valence-corrected chi connectivity index (χ0v) is 12.8. The molecule has 0 bridgehead atoms. The molecular weight excluding hydrogens is 282 g/mol. The average molecular weight is 303 g/mol. The van der Waals surface area contributed by atoms with Gasteiger partial charge in [-0.1, -0.05) is 55.5 Å². The van der Waals surface area contributed by atoms with Crippen LogP contribution in [0.25, 0.3) is 0 Å². The van der Waals surface area contributed by atoms with Crippen LogP contribution in [0, 0.1) is 5.92 Å². The van der Waals surface area contributed by atoms with E-state index in [4.69, 9.17) is 4.74 Å². The van der Waals surface area contributed by atoms with Crippen molar-refractivity contribution in [3.05, 3.63) is 60.7 Å². The average Bonchev–Trinajstić information content (AvgIpc) is 2.51. The van der Waals surface area contributed by atoms with Gasteiger partial charge in [0.15, 0.2) is 5.54 Å². The molecule has 5 nitrogen and oxygen atoms in total. The number of benzene rings is 1. The fraction of sp³-hybridized carbons (Fsp3) is 0.294. The van der Waals surface area contributed by atoms with Gasteiger partial charge in [0.1, 0.15) is 6.61 Å². The topological polar surface area (TPSA) is 75.6 Å². The zero-order valence-electron chi connectivity index (χ0n) is 12.8. The van der Waals surface area contributed by atoms with Gasteiger partial charge in [0.2, 0.25) is 0 Å². The van der Waals surface area contributed by atoms with Crippen molar-refractivity contribution in [1.29, 1.82) is 0 Å². The van der Waals surface area contributed by atoms with Crippen molar-refractivity contribution in [3.8, 4) is 0 Å². The zero-order chi connectivity index (χ0) is 16.6. The molecule has 0 aliphatic heterocycles. The van der Waals surface area contributed by atoms with Crippen LogP contribution in [0.3, 0.4) is 0 Å². The lowest BCUT2D eigenvalue weighted by Gasteiger charge is -2.31. The summed E-state index contributed by atoms with van der Waals surface area (Å²) < 4.78 is 5.08. The van der Waals surface area contributed by atoms with Gasteiger partial charge in [-0.3, -0.25) is 0 Å². The Labute approximate surface area is 130 Å². The molecule has 0 aliphatic carbocycles. The molecule has 1 aromatic rings. The second-order valence-electron chi connectivity index (χ2n) is 4.88. The monoisotopic (exact) mass is 303 g/mol. The Morgan fingerprint density at radius 1 is 1.41 bits per heavy atom.